The maximum Gasteiger partial charge on any atom is 0.303 e. The Morgan fingerprint density at radius 1 is 1.03 bits per heavy atom. The van der Waals surface area contributed by atoms with E-state index in [0.29, 0.717) is 28.2 Å². The molecule has 0 radical (unpaired) electrons. The van der Waals surface area contributed by atoms with Crippen LogP contribution in [-0.4, -0.2) is 56.4 Å². The molecule has 1 aliphatic rings. The Bertz CT molecular complexity index is 1440. The van der Waals surface area contributed by atoms with Crippen molar-refractivity contribution in [2.75, 3.05) is 24.6 Å². The number of hydrogen-bond acceptors (Lipinski definition) is 5. The van der Waals surface area contributed by atoms with Gasteiger partial charge in [-0.25, -0.2) is 4.99 Å². The van der Waals surface area contributed by atoms with Crippen molar-refractivity contribution in [1.29, 1.82) is 0 Å². The zero-order valence-corrected chi connectivity index (χ0v) is 21.9. The number of carboxylic acid groups (broad SMARTS) is 1. The van der Waals surface area contributed by atoms with Crippen LogP contribution in [0.4, 0.5) is 5.69 Å². The van der Waals surface area contributed by atoms with Crippen molar-refractivity contribution in [2.45, 2.75) is 19.4 Å². The van der Waals surface area contributed by atoms with E-state index < -0.39 is 5.97 Å². The monoisotopic (exact) mass is 533 g/mol. The van der Waals surface area contributed by atoms with Crippen LogP contribution in [0.5, 0.6) is 5.88 Å². The van der Waals surface area contributed by atoms with Crippen LogP contribution in [0, 0.1) is 0 Å². The molecule has 1 aromatic heterocycles. The summed E-state index contributed by atoms with van der Waals surface area (Å²) in [7, 11) is 0. The second-order valence-corrected chi connectivity index (χ2v) is 10.8. The van der Waals surface area contributed by atoms with E-state index in [0.717, 1.165) is 41.8 Å². The first-order valence-corrected chi connectivity index (χ1v) is 13.8. The average molecular weight is 534 g/mol. The molecular formula is C29H28ClN3O3S. The smallest absolute Gasteiger partial charge is 0.303 e. The summed E-state index contributed by atoms with van der Waals surface area (Å²) in [5, 5.41) is 21.4. The Hall–Kier alpha value is -3.26. The van der Waals surface area contributed by atoms with Crippen molar-refractivity contribution in [3.63, 3.8) is 0 Å². The fourth-order valence-electron chi connectivity index (χ4n) is 4.61. The molecule has 3 aromatic carbocycles. The zero-order valence-electron chi connectivity index (χ0n) is 20.3. The number of nitrogens with one attached hydrogen (secondary N) is 1. The first-order valence-electron chi connectivity index (χ1n) is 12.3. The molecule has 0 unspecified atom stereocenters. The molecule has 1 aliphatic heterocycles. The van der Waals surface area contributed by atoms with Crippen LogP contribution in [0.1, 0.15) is 28.7 Å². The lowest BCUT2D eigenvalue weighted by Gasteiger charge is -2.26. The van der Waals surface area contributed by atoms with Gasteiger partial charge in [-0.3, -0.25) is 9.69 Å². The second-order valence-electron chi connectivity index (χ2n) is 9.15. The number of aromatic hydroxyl groups is 1. The topological polar surface area (TPSA) is 88.9 Å². The number of thioether (sulfide) groups is 1. The third-order valence-electron chi connectivity index (χ3n) is 6.49. The number of aromatic amines is 1. The van der Waals surface area contributed by atoms with Crippen molar-refractivity contribution in [3.8, 4) is 5.88 Å². The highest BCUT2D eigenvalue weighted by Crippen LogP contribution is 2.33. The Labute approximate surface area is 225 Å². The average Bonchev–Trinajstić information content (AvgIpc) is 3.22. The molecule has 8 heteroatoms. The molecule has 0 saturated carbocycles. The van der Waals surface area contributed by atoms with Gasteiger partial charge in [-0.15, -0.1) is 0 Å². The van der Waals surface area contributed by atoms with E-state index in [9.17, 15) is 9.90 Å². The number of carbonyl (C=O) groups is 1. The molecule has 6 nitrogen and oxygen atoms in total. The number of aliphatic imine (C=N–C) groups is 1. The predicted octanol–water partition coefficient (Wildman–Crippen LogP) is 6.26. The summed E-state index contributed by atoms with van der Waals surface area (Å²) in [5.74, 6) is 1.52. The van der Waals surface area contributed by atoms with Gasteiger partial charge in [-0.05, 0) is 47.9 Å². The molecule has 0 bridgehead atoms. The summed E-state index contributed by atoms with van der Waals surface area (Å²) >= 11 is 8.19. The van der Waals surface area contributed by atoms with Crippen molar-refractivity contribution in [2.24, 2.45) is 4.99 Å². The molecule has 0 aliphatic carbocycles. The normalized spacial score (nSPS) is 14.8. The lowest BCUT2D eigenvalue weighted by atomic mass is 9.97. The van der Waals surface area contributed by atoms with Crippen molar-refractivity contribution < 1.29 is 15.0 Å². The highest BCUT2D eigenvalue weighted by molar-refractivity contribution is 7.99. The van der Waals surface area contributed by atoms with E-state index in [1.54, 1.807) is 12.1 Å². The molecule has 1 fully saturated rings. The number of halogens is 1. The predicted molar refractivity (Wildman–Crippen MR) is 152 cm³/mol. The highest BCUT2D eigenvalue weighted by Gasteiger charge is 2.19. The summed E-state index contributed by atoms with van der Waals surface area (Å²) in [4.78, 5) is 21.6. The Balaban J connectivity index is 1.54. The largest absolute Gasteiger partial charge is 0.494 e. The van der Waals surface area contributed by atoms with E-state index in [4.69, 9.17) is 21.7 Å². The van der Waals surface area contributed by atoms with Crippen molar-refractivity contribution in [3.05, 3.63) is 94.0 Å². The van der Waals surface area contributed by atoms with Gasteiger partial charge in [-0.2, -0.15) is 11.8 Å². The number of benzene rings is 3. The molecule has 0 amide bonds. The summed E-state index contributed by atoms with van der Waals surface area (Å²) < 4.78 is 0. The number of aliphatic carboxylic acids is 1. The van der Waals surface area contributed by atoms with Gasteiger partial charge in [-0.1, -0.05) is 48.0 Å². The van der Waals surface area contributed by atoms with E-state index in [1.807, 2.05) is 54.2 Å². The minimum absolute atomic E-state index is 0.00606. The van der Waals surface area contributed by atoms with Gasteiger partial charge in [0.2, 0.25) is 0 Å². The number of nitrogens with zero attached hydrogens (tertiary/aromatic N) is 2. The summed E-state index contributed by atoms with van der Waals surface area (Å²) in [5.41, 5.74) is 5.60. The zero-order chi connectivity index (χ0) is 25.8. The number of aromatic nitrogens is 1. The van der Waals surface area contributed by atoms with Gasteiger partial charge in [0, 0.05) is 53.5 Å². The maximum absolute atomic E-state index is 11.1. The summed E-state index contributed by atoms with van der Waals surface area (Å²) in [6.07, 6.45) is 0.458. The minimum atomic E-state index is -0.839. The first-order chi connectivity index (χ1) is 18.0. The molecular weight excluding hydrogens is 506 g/mol. The quantitative estimate of drug-likeness (QED) is 0.232. The molecule has 0 spiro atoms. The van der Waals surface area contributed by atoms with Crippen molar-refractivity contribution in [1.82, 2.24) is 9.88 Å². The highest BCUT2D eigenvalue weighted by atomic mass is 35.5. The standard InChI is InChI=1S/C29H28ClN3O3S/c30-22-7-10-24-25(17-22)32-29(36)27(24)28(21-3-1-2-19(16-21)6-11-26(34)35)31-23-8-4-20(5-9-23)18-33-12-14-37-15-13-33/h1-5,7-10,16-17,32,36H,6,11-15,18H2,(H,34,35). The molecule has 2 heterocycles. The Morgan fingerprint density at radius 3 is 2.57 bits per heavy atom. The molecule has 5 rings (SSSR count). The fourth-order valence-corrected chi connectivity index (χ4v) is 5.76. The van der Waals surface area contributed by atoms with Crippen LogP contribution in [-0.2, 0) is 17.8 Å². The third-order valence-corrected chi connectivity index (χ3v) is 7.67. The molecule has 0 atom stereocenters. The minimum Gasteiger partial charge on any atom is -0.494 e. The van der Waals surface area contributed by atoms with Gasteiger partial charge in [0.05, 0.1) is 22.5 Å². The molecule has 3 N–H and O–H groups in total. The van der Waals surface area contributed by atoms with Crippen LogP contribution < -0.4 is 0 Å². The van der Waals surface area contributed by atoms with Gasteiger partial charge >= 0.3 is 5.97 Å². The maximum atomic E-state index is 11.1. The van der Waals surface area contributed by atoms with Gasteiger partial charge < -0.3 is 15.2 Å². The van der Waals surface area contributed by atoms with Crippen LogP contribution in [0.15, 0.2) is 71.7 Å². The molecule has 4 aromatic rings. The first kappa shape index (κ1) is 25.4. The van der Waals surface area contributed by atoms with E-state index in [-0.39, 0.29) is 12.3 Å². The van der Waals surface area contributed by atoms with Crippen LogP contribution in [0.25, 0.3) is 10.9 Å². The lowest BCUT2D eigenvalue weighted by molar-refractivity contribution is -0.136. The van der Waals surface area contributed by atoms with E-state index in [2.05, 4.69) is 22.0 Å². The number of carboxylic acids is 1. The van der Waals surface area contributed by atoms with Crippen molar-refractivity contribution >= 4 is 51.6 Å². The number of fused-ring (bicyclic) bond motifs is 1. The van der Waals surface area contributed by atoms with Crippen LogP contribution in [0.3, 0.4) is 0 Å². The van der Waals surface area contributed by atoms with Crippen LogP contribution in [0.2, 0.25) is 5.02 Å². The summed E-state index contributed by atoms with van der Waals surface area (Å²) in [6.45, 7) is 3.14. The molecule has 190 valence electrons. The van der Waals surface area contributed by atoms with Gasteiger partial charge in [0.15, 0.2) is 5.88 Å². The summed E-state index contributed by atoms with van der Waals surface area (Å²) in [6, 6.07) is 21.3. The van der Waals surface area contributed by atoms with Gasteiger partial charge in [0.25, 0.3) is 0 Å². The molecule has 37 heavy (non-hydrogen) atoms. The van der Waals surface area contributed by atoms with E-state index >= 15 is 0 Å². The lowest BCUT2D eigenvalue weighted by Crippen LogP contribution is -2.31. The SMILES string of the molecule is O=C(O)CCc1cccc(C(=Nc2ccc(CN3CCSCC3)cc2)c2c(O)[nH]c3cc(Cl)ccc23)c1. The third kappa shape index (κ3) is 6.18. The number of rotatable bonds is 8. The second kappa shape index (κ2) is 11.4. The number of aryl methyl sites for hydroxylation is 1. The Morgan fingerprint density at radius 2 is 1.81 bits per heavy atom. The Kier molecular flexibility index (Phi) is 7.84. The number of H-pyrrole nitrogens is 1. The fraction of sp³-hybridized carbons (Fsp3) is 0.241. The van der Waals surface area contributed by atoms with Crippen LogP contribution >= 0.6 is 23.4 Å². The van der Waals surface area contributed by atoms with E-state index in [1.165, 1.54) is 17.1 Å². The number of hydrogen-bond donors (Lipinski definition) is 3. The molecule has 1 saturated heterocycles. The van der Waals surface area contributed by atoms with Gasteiger partial charge in [0.1, 0.15) is 0 Å².